The van der Waals surface area contributed by atoms with Crippen molar-refractivity contribution in [3.63, 3.8) is 0 Å². The average molecular weight is 244 g/mol. The van der Waals surface area contributed by atoms with Crippen LogP contribution in [0.4, 0.5) is 0 Å². The predicted octanol–water partition coefficient (Wildman–Crippen LogP) is 4.88. The highest BCUT2D eigenvalue weighted by atomic mass is 32.1. The maximum Gasteiger partial charge on any atom is 0.144 e. The van der Waals surface area contributed by atoms with E-state index in [9.17, 15) is 0 Å². The summed E-state index contributed by atoms with van der Waals surface area (Å²) in [6.07, 6.45) is 0. The summed E-state index contributed by atoms with van der Waals surface area (Å²) in [5, 5.41) is 0. The summed E-state index contributed by atoms with van der Waals surface area (Å²) in [6.45, 7) is 3.90. The molecule has 86 valence electrons. The third kappa shape index (κ3) is 1.94. The van der Waals surface area contributed by atoms with Crippen molar-refractivity contribution in [2.75, 3.05) is 0 Å². The Labute approximate surface area is 104 Å². The van der Waals surface area contributed by atoms with Gasteiger partial charge in [0.25, 0.3) is 0 Å². The number of aryl methyl sites for hydroxylation is 2. The van der Waals surface area contributed by atoms with Crippen LogP contribution in [-0.4, -0.2) is 0 Å². The van der Waals surface area contributed by atoms with Gasteiger partial charge in [0.05, 0.1) is 9.75 Å². The molecule has 3 heterocycles. The predicted molar refractivity (Wildman–Crippen MR) is 69.2 cm³/mol. The van der Waals surface area contributed by atoms with E-state index >= 15 is 0 Å². The lowest BCUT2D eigenvalue weighted by atomic mass is 10.3. The maximum atomic E-state index is 5.60. The van der Waals surface area contributed by atoms with Crippen LogP contribution in [-0.2, 0) is 0 Å². The summed E-state index contributed by atoms with van der Waals surface area (Å²) in [7, 11) is 0. The van der Waals surface area contributed by atoms with Crippen molar-refractivity contribution in [2.45, 2.75) is 13.8 Å². The van der Waals surface area contributed by atoms with Crippen LogP contribution in [0.1, 0.15) is 11.5 Å². The Morgan fingerprint density at radius 1 is 0.706 bits per heavy atom. The Kier molecular flexibility index (Phi) is 2.41. The van der Waals surface area contributed by atoms with Crippen LogP contribution in [0.3, 0.4) is 0 Å². The molecule has 0 atom stereocenters. The van der Waals surface area contributed by atoms with Crippen molar-refractivity contribution in [2.24, 2.45) is 0 Å². The lowest BCUT2D eigenvalue weighted by molar-refractivity contribution is 0.549. The smallest absolute Gasteiger partial charge is 0.144 e. The monoisotopic (exact) mass is 244 g/mol. The van der Waals surface area contributed by atoms with Crippen molar-refractivity contribution in [3.8, 4) is 21.3 Å². The lowest BCUT2D eigenvalue weighted by Crippen LogP contribution is -1.62. The molecule has 0 aliphatic rings. The highest BCUT2D eigenvalue weighted by Crippen LogP contribution is 2.35. The first-order chi connectivity index (χ1) is 8.22. The molecule has 0 aliphatic heterocycles. The van der Waals surface area contributed by atoms with Crippen LogP contribution in [0.15, 0.2) is 45.2 Å². The van der Waals surface area contributed by atoms with Crippen LogP contribution in [0.25, 0.3) is 21.3 Å². The largest absolute Gasteiger partial charge is 0.461 e. The SMILES string of the molecule is Cc1ccc(-c2ccc(-c3ccc(C)o3)s2)o1. The average Bonchev–Trinajstić information content (AvgIpc) is 2.96. The molecule has 0 bridgehead atoms. The first-order valence-corrected chi connectivity index (χ1v) is 6.27. The summed E-state index contributed by atoms with van der Waals surface area (Å²) >= 11 is 1.68. The topological polar surface area (TPSA) is 26.3 Å². The fraction of sp³-hybridized carbons (Fsp3) is 0.143. The summed E-state index contributed by atoms with van der Waals surface area (Å²) in [4.78, 5) is 2.25. The molecule has 0 aromatic carbocycles. The fourth-order valence-electron chi connectivity index (χ4n) is 1.74. The zero-order chi connectivity index (χ0) is 11.8. The number of furan rings is 2. The van der Waals surface area contributed by atoms with E-state index < -0.39 is 0 Å². The Hall–Kier alpha value is -1.74. The molecule has 0 aliphatic carbocycles. The molecule has 0 fully saturated rings. The number of thiophene rings is 1. The molecule has 0 N–H and O–H groups in total. The van der Waals surface area contributed by atoms with Gasteiger partial charge in [-0.25, -0.2) is 0 Å². The van der Waals surface area contributed by atoms with E-state index in [1.165, 1.54) is 0 Å². The van der Waals surface area contributed by atoms with Crippen molar-refractivity contribution in [1.29, 1.82) is 0 Å². The van der Waals surface area contributed by atoms with Gasteiger partial charge in [0, 0.05) is 0 Å². The molecule has 3 aromatic heterocycles. The second-order valence-electron chi connectivity index (χ2n) is 3.98. The second-order valence-corrected chi connectivity index (χ2v) is 5.07. The van der Waals surface area contributed by atoms with Gasteiger partial charge in [0.2, 0.25) is 0 Å². The summed E-state index contributed by atoms with van der Waals surface area (Å²) in [5.41, 5.74) is 0. The van der Waals surface area contributed by atoms with E-state index in [1.54, 1.807) is 11.3 Å². The summed E-state index contributed by atoms with van der Waals surface area (Å²) < 4.78 is 11.2. The minimum Gasteiger partial charge on any atom is -0.461 e. The van der Waals surface area contributed by atoms with E-state index in [1.807, 2.05) is 38.1 Å². The molecule has 0 radical (unpaired) electrons. The maximum absolute atomic E-state index is 5.60. The standard InChI is InChI=1S/C14H12O2S/c1-9-3-5-11(15-9)13-7-8-14(17-13)12-6-4-10(2)16-12/h3-8H,1-2H3. The van der Waals surface area contributed by atoms with Gasteiger partial charge in [-0.1, -0.05) is 0 Å². The summed E-state index contributed by atoms with van der Waals surface area (Å²) in [6, 6.07) is 12.1. The quantitative estimate of drug-likeness (QED) is 0.641. The Balaban J connectivity index is 1.98. The molecule has 0 amide bonds. The highest BCUT2D eigenvalue weighted by molar-refractivity contribution is 7.18. The molecule has 0 saturated heterocycles. The molecule has 17 heavy (non-hydrogen) atoms. The van der Waals surface area contributed by atoms with Gasteiger partial charge in [-0.05, 0) is 50.2 Å². The van der Waals surface area contributed by atoms with Gasteiger partial charge in [0.1, 0.15) is 23.0 Å². The highest BCUT2D eigenvalue weighted by Gasteiger charge is 2.09. The van der Waals surface area contributed by atoms with E-state index in [0.29, 0.717) is 0 Å². The molecule has 3 aromatic rings. The van der Waals surface area contributed by atoms with Gasteiger partial charge in [-0.3, -0.25) is 0 Å². The van der Waals surface area contributed by atoms with Crippen LogP contribution >= 0.6 is 11.3 Å². The lowest BCUT2D eigenvalue weighted by Gasteiger charge is -1.90. The van der Waals surface area contributed by atoms with Gasteiger partial charge in [0.15, 0.2) is 0 Å². The normalized spacial score (nSPS) is 10.9. The van der Waals surface area contributed by atoms with Gasteiger partial charge in [-0.15, -0.1) is 11.3 Å². The molecule has 0 unspecified atom stereocenters. The molecule has 0 spiro atoms. The second kappa shape index (κ2) is 3.93. The summed E-state index contributed by atoms with van der Waals surface area (Å²) in [5.74, 6) is 3.71. The van der Waals surface area contributed by atoms with Crippen molar-refractivity contribution >= 4 is 11.3 Å². The van der Waals surface area contributed by atoms with Crippen LogP contribution in [0.2, 0.25) is 0 Å². The molecule has 2 nitrogen and oxygen atoms in total. The molecule has 3 heteroatoms. The fourth-order valence-corrected chi connectivity index (χ4v) is 2.67. The van der Waals surface area contributed by atoms with E-state index in [4.69, 9.17) is 8.83 Å². The third-order valence-electron chi connectivity index (χ3n) is 2.57. The van der Waals surface area contributed by atoms with Gasteiger partial charge in [-0.2, -0.15) is 0 Å². The van der Waals surface area contributed by atoms with Gasteiger partial charge < -0.3 is 8.83 Å². The van der Waals surface area contributed by atoms with Crippen LogP contribution in [0.5, 0.6) is 0 Å². The van der Waals surface area contributed by atoms with Gasteiger partial charge >= 0.3 is 0 Å². The van der Waals surface area contributed by atoms with Crippen molar-refractivity contribution in [1.82, 2.24) is 0 Å². The van der Waals surface area contributed by atoms with E-state index in [-0.39, 0.29) is 0 Å². The van der Waals surface area contributed by atoms with E-state index in [0.717, 1.165) is 32.8 Å². The Bertz CT molecular complexity index is 588. The van der Waals surface area contributed by atoms with Crippen molar-refractivity contribution in [3.05, 3.63) is 47.9 Å². The molecular formula is C14H12O2S. The third-order valence-corrected chi connectivity index (χ3v) is 3.69. The van der Waals surface area contributed by atoms with Crippen LogP contribution < -0.4 is 0 Å². The molecular weight excluding hydrogens is 232 g/mol. The first-order valence-electron chi connectivity index (χ1n) is 5.46. The van der Waals surface area contributed by atoms with Crippen molar-refractivity contribution < 1.29 is 8.83 Å². The number of rotatable bonds is 2. The number of hydrogen-bond acceptors (Lipinski definition) is 3. The number of hydrogen-bond donors (Lipinski definition) is 0. The Morgan fingerprint density at radius 3 is 1.53 bits per heavy atom. The minimum atomic E-state index is 0.919. The zero-order valence-electron chi connectivity index (χ0n) is 9.69. The minimum absolute atomic E-state index is 0.919. The Morgan fingerprint density at radius 2 is 1.18 bits per heavy atom. The zero-order valence-corrected chi connectivity index (χ0v) is 10.5. The first kappa shape index (κ1) is 10.4. The molecule has 0 saturated carbocycles. The van der Waals surface area contributed by atoms with E-state index in [2.05, 4.69) is 12.1 Å². The molecule has 3 rings (SSSR count). The van der Waals surface area contributed by atoms with Crippen LogP contribution in [0, 0.1) is 13.8 Å².